The number of carbonyl (C=O) groups excluding carboxylic acids is 1. The molecular formula is C28H17F6N3O3S. The normalized spacial score (nSPS) is 11.9. The highest BCUT2D eigenvalue weighted by atomic mass is 32.1. The average Bonchev–Trinajstić information content (AvgIpc) is 3.31. The van der Waals surface area contributed by atoms with Crippen molar-refractivity contribution >= 4 is 32.6 Å². The van der Waals surface area contributed by atoms with Crippen molar-refractivity contribution in [2.75, 3.05) is 5.32 Å². The molecule has 0 saturated carbocycles. The van der Waals surface area contributed by atoms with Gasteiger partial charge in [-0.3, -0.25) is 4.79 Å². The molecule has 1 amide bonds. The third-order valence-electron chi connectivity index (χ3n) is 5.68. The smallest absolute Gasteiger partial charge is 0.437 e. The van der Waals surface area contributed by atoms with Gasteiger partial charge in [-0.25, -0.2) is 9.97 Å². The number of amides is 1. The van der Waals surface area contributed by atoms with Gasteiger partial charge >= 0.3 is 12.5 Å². The molecule has 0 aliphatic heterocycles. The second kappa shape index (κ2) is 10.7. The number of para-hydroxylation sites is 1. The van der Waals surface area contributed by atoms with E-state index in [2.05, 4.69) is 20.0 Å². The number of thiazole rings is 1. The van der Waals surface area contributed by atoms with E-state index in [9.17, 15) is 31.1 Å². The molecule has 13 heteroatoms. The number of benzene rings is 3. The van der Waals surface area contributed by atoms with E-state index in [1.807, 2.05) is 0 Å². The van der Waals surface area contributed by atoms with Gasteiger partial charge in [-0.15, -0.1) is 13.2 Å². The minimum atomic E-state index is -4.86. The third-order valence-corrected chi connectivity index (χ3v) is 6.62. The first-order valence-electron chi connectivity index (χ1n) is 11.7. The molecule has 5 aromatic rings. The Morgan fingerprint density at radius 3 is 2.17 bits per heavy atom. The number of halogens is 6. The second-order valence-corrected chi connectivity index (χ2v) is 9.65. The summed E-state index contributed by atoms with van der Waals surface area (Å²) in [5, 5.41) is 2.99. The van der Waals surface area contributed by atoms with Crippen LogP contribution in [-0.2, 0) is 11.0 Å². The van der Waals surface area contributed by atoms with Gasteiger partial charge in [-0.05, 0) is 53.1 Å². The summed E-state index contributed by atoms with van der Waals surface area (Å²) in [6.45, 7) is 1.36. The number of carbonyl (C=O) groups is 1. The molecule has 0 aliphatic rings. The van der Waals surface area contributed by atoms with Crippen LogP contribution in [0.25, 0.3) is 32.5 Å². The monoisotopic (exact) mass is 589 g/mol. The number of hydrogen-bond donors (Lipinski definition) is 1. The van der Waals surface area contributed by atoms with E-state index < -0.39 is 23.9 Å². The molecule has 0 spiro atoms. The number of ether oxygens (including phenoxy) is 2. The highest BCUT2D eigenvalue weighted by molar-refractivity contribution is 7.22. The Balaban J connectivity index is 1.55. The topological polar surface area (TPSA) is 73.3 Å². The van der Waals surface area contributed by atoms with E-state index in [1.54, 1.807) is 18.2 Å². The molecule has 1 N–H and O–H groups in total. The van der Waals surface area contributed by atoms with Crippen LogP contribution >= 0.6 is 11.3 Å². The summed E-state index contributed by atoms with van der Waals surface area (Å²) in [5.74, 6) is -0.312. The number of pyridine rings is 1. The summed E-state index contributed by atoms with van der Waals surface area (Å²) in [5.41, 5.74) is 1.29. The van der Waals surface area contributed by atoms with Gasteiger partial charge in [-0.2, -0.15) is 13.2 Å². The van der Waals surface area contributed by atoms with Crippen LogP contribution in [0.3, 0.4) is 0 Å². The molecule has 0 saturated heterocycles. The Hall–Kier alpha value is -4.65. The van der Waals surface area contributed by atoms with Crippen LogP contribution in [0, 0.1) is 0 Å². The van der Waals surface area contributed by atoms with E-state index >= 15 is 0 Å². The number of hydrogen-bond acceptors (Lipinski definition) is 6. The van der Waals surface area contributed by atoms with E-state index in [0.29, 0.717) is 38.7 Å². The van der Waals surface area contributed by atoms with Gasteiger partial charge < -0.3 is 14.8 Å². The molecule has 3 aromatic carbocycles. The molecule has 0 fully saturated rings. The molecule has 0 atom stereocenters. The van der Waals surface area contributed by atoms with E-state index in [-0.39, 0.29) is 11.8 Å². The Morgan fingerprint density at radius 1 is 0.878 bits per heavy atom. The lowest BCUT2D eigenvalue weighted by molar-refractivity contribution is -0.274. The molecule has 41 heavy (non-hydrogen) atoms. The van der Waals surface area contributed by atoms with Crippen molar-refractivity contribution in [2.45, 2.75) is 19.5 Å². The lowest BCUT2D eigenvalue weighted by Crippen LogP contribution is -2.16. The van der Waals surface area contributed by atoms with Crippen molar-refractivity contribution in [3.05, 3.63) is 84.6 Å². The predicted octanol–water partition coefficient (Wildman–Crippen LogP) is 8.69. The van der Waals surface area contributed by atoms with Gasteiger partial charge in [0.05, 0.1) is 10.3 Å². The molecular weight excluding hydrogens is 572 g/mol. The lowest BCUT2D eigenvalue weighted by Gasteiger charge is -2.14. The van der Waals surface area contributed by atoms with Crippen molar-refractivity contribution in [1.29, 1.82) is 0 Å². The molecule has 2 heterocycles. The first kappa shape index (κ1) is 27.9. The first-order valence-corrected chi connectivity index (χ1v) is 12.6. The van der Waals surface area contributed by atoms with Crippen molar-refractivity contribution in [2.24, 2.45) is 0 Å². The molecule has 6 nitrogen and oxygen atoms in total. The summed E-state index contributed by atoms with van der Waals surface area (Å²) in [7, 11) is 0. The SMILES string of the molecule is CC(=O)Nc1nc2c(Oc3cc(-c4ccc(C(F)(F)F)cc4)c(-c4ccc(OC(F)(F)F)cc4)cn3)cccc2s1. The standard InChI is InChI=1S/C28H17F6N3O3S/c1-15(38)36-26-37-25-22(3-2-4-23(25)41-26)39-24-13-20(16-5-9-18(10-6-16)27(29,30)31)21(14-35-24)17-7-11-19(12-8-17)40-28(32,33)34/h2-14H,1H3,(H,36,37,38). The molecule has 0 unspecified atom stereocenters. The second-order valence-electron chi connectivity index (χ2n) is 8.62. The van der Waals surface area contributed by atoms with Gasteiger partial charge in [0.2, 0.25) is 11.8 Å². The minimum absolute atomic E-state index is 0.0854. The summed E-state index contributed by atoms with van der Waals surface area (Å²) in [4.78, 5) is 20.2. The van der Waals surface area contributed by atoms with Gasteiger partial charge in [0.1, 0.15) is 11.3 Å². The Bertz CT molecular complexity index is 1720. The van der Waals surface area contributed by atoms with E-state index in [4.69, 9.17) is 4.74 Å². The molecule has 0 bridgehead atoms. The van der Waals surface area contributed by atoms with Crippen molar-refractivity contribution in [3.63, 3.8) is 0 Å². The van der Waals surface area contributed by atoms with Crippen molar-refractivity contribution in [1.82, 2.24) is 9.97 Å². The third kappa shape index (κ3) is 6.57. The zero-order chi connectivity index (χ0) is 29.4. The van der Waals surface area contributed by atoms with Gasteiger partial charge in [0.25, 0.3) is 0 Å². The summed E-state index contributed by atoms with van der Waals surface area (Å²) >= 11 is 1.24. The predicted molar refractivity (Wildman–Crippen MR) is 141 cm³/mol. The number of nitrogens with one attached hydrogen (secondary N) is 1. The van der Waals surface area contributed by atoms with Crippen molar-refractivity contribution in [3.8, 4) is 39.6 Å². The zero-order valence-corrected chi connectivity index (χ0v) is 21.6. The number of fused-ring (bicyclic) bond motifs is 1. The molecule has 2 aromatic heterocycles. The Kier molecular flexibility index (Phi) is 7.30. The van der Waals surface area contributed by atoms with Gasteiger partial charge in [-0.1, -0.05) is 41.7 Å². The van der Waals surface area contributed by atoms with Crippen LogP contribution in [0.1, 0.15) is 12.5 Å². The Labute approximate surface area is 232 Å². The van der Waals surface area contributed by atoms with Crippen LogP contribution in [0.15, 0.2) is 79.0 Å². The fourth-order valence-corrected chi connectivity index (χ4v) is 4.89. The minimum Gasteiger partial charge on any atom is -0.437 e. The van der Waals surface area contributed by atoms with Gasteiger partial charge in [0.15, 0.2) is 10.9 Å². The largest absolute Gasteiger partial charge is 0.573 e. The van der Waals surface area contributed by atoms with Crippen molar-refractivity contribution < 1.29 is 40.6 Å². The highest BCUT2D eigenvalue weighted by Crippen LogP contribution is 2.39. The molecule has 210 valence electrons. The van der Waals surface area contributed by atoms with Crippen LogP contribution < -0.4 is 14.8 Å². The fourth-order valence-electron chi connectivity index (χ4n) is 3.96. The number of alkyl halides is 6. The average molecular weight is 590 g/mol. The van der Waals surface area contributed by atoms with Gasteiger partial charge in [0, 0.05) is 24.8 Å². The summed E-state index contributed by atoms with van der Waals surface area (Å²) in [6, 6.07) is 16.1. The zero-order valence-electron chi connectivity index (χ0n) is 20.8. The first-order chi connectivity index (χ1) is 19.4. The highest BCUT2D eigenvalue weighted by Gasteiger charge is 2.31. The molecule has 0 radical (unpaired) electrons. The number of aromatic nitrogens is 2. The fraction of sp³-hybridized carbons (Fsp3) is 0.107. The number of nitrogens with zero attached hydrogens (tertiary/aromatic N) is 2. The summed E-state index contributed by atoms with van der Waals surface area (Å²) < 4.78 is 88.0. The molecule has 0 aliphatic carbocycles. The molecule has 5 rings (SSSR count). The van der Waals surface area contributed by atoms with E-state index in [1.165, 1.54) is 54.8 Å². The van der Waals surface area contributed by atoms with Crippen LogP contribution in [0.5, 0.6) is 17.4 Å². The quantitative estimate of drug-likeness (QED) is 0.201. The lowest BCUT2D eigenvalue weighted by atomic mass is 9.95. The van der Waals surface area contributed by atoms with Crippen LogP contribution in [0.4, 0.5) is 31.5 Å². The van der Waals surface area contributed by atoms with E-state index in [0.717, 1.165) is 29.0 Å². The maximum absolute atomic E-state index is 13.2. The number of anilines is 1. The maximum Gasteiger partial charge on any atom is 0.573 e. The maximum atomic E-state index is 13.2. The Morgan fingerprint density at radius 2 is 1.54 bits per heavy atom. The van der Waals surface area contributed by atoms with Crippen LogP contribution in [0.2, 0.25) is 0 Å². The summed E-state index contributed by atoms with van der Waals surface area (Å²) in [6.07, 6.45) is -7.99. The van der Waals surface area contributed by atoms with Crippen LogP contribution in [-0.4, -0.2) is 22.2 Å². The number of rotatable bonds is 6.